The Kier molecular flexibility index (Phi) is 5.94. The average molecular weight is 428 g/mol. The zero-order valence-electron chi connectivity index (χ0n) is 16.7. The Morgan fingerprint density at radius 3 is 2.41 bits per heavy atom. The molecule has 0 aliphatic carbocycles. The zero-order chi connectivity index (χ0) is 22.5. The maximum Gasteiger partial charge on any atom is 0.267 e. The number of halogens is 1. The second-order valence-electron chi connectivity index (χ2n) is 6.86. The van der Waals surface area contributed by atoms with Crippen LogP contribution >= 0.6 is 0 Å². The van der Waals surface area contributed by atoms with Gasteiger partial charge in [-0.05, 0) is 42.5 Å². The van der Waals surface area contributed by atoms with Crippen LogP contribution in [-0.4, -0.2) is 26.5 Å². The van der Waals surface area contributed by atoms with Gasteiger partial charge in [0.25, 0.3) is 5.56 Å². The van der Waals surface area contributed by atoms with E-state index in [2.05, 4.69) is 15.4 Å². The molecule has 158 valence electrons. The van der Waals surface area contributed by atoms with Crippen molar-refractivity contribution in [2.45, 2.75) is 6.54 Å². The Labute approximate surface area is 182 Å². The predicted molar refractivity (Wildman–Crippen MR) is 117 cm³/mol. The molecular weight excluding hydrogens is 411 g/mol. The van der Waals surface area contributed by atoms with Gasteiger partial charge in [-0.25, -0.2) is 14.1 Å². The Morgan fingerprint density at radius 2 is 1.66 bits per heavy atom. The van der Waals surface area contributed by atoms with Crippen LogP contribution in [0.15, 0.2) is 89.9 Å². The van der Waals surface area contributed by atoms with Crippen LogP contribution in [0.4, 0.5) is 10.2 Å². The molecule has 0 saturated carbocycles. The normalized spacial score (nSPS) is 10.5. The molecule has 4 aromatic rings. The van der Waals surface area contributed by atoms with E-state index in [1.165, 1.54) is 42.6 Å². The van der Waals surface area contributed by atoms with E-state index in [1.807, 2.05) is 30.3 Å². The first-order chi connectivity index (χ1) is 15.5. The number of anilines is 1. The topological polar surface area (TPSA) is 93.9 Å². The molecule has 0 atom stereocenters. The van der Waals surface area contributed by atoms with Crippen LogP contribution in [0.1, 0.15) is 15.9 Å². The van der Waals surface area contributed by atoms with Crippen LogP contribution in [0.25, 0.3) is 11.3 Å². The molecule has 0 saturated heterocycles. The summed E-state index contributed by atoms with van der Waals surface area (Å²) < 4.78 is 14.2. The maximum atomic E-state index is 13.2. The van der Waals surface area contributed by atoms with Crippen LogP contribution in [-0.2, 0) is 11.3 Å². The second kappa shape index (κ2) is 9.13. The van der Waals surface area contributed by atoms with E-state index in [9.17, 15) is 18.8 Å². The van der Waals surface area contributed by atoms with Gasteiger partial charge in [0.15, 0.2) is 5.78 Å². The highest BCUT2D eigenvalue weighted by Crippen LogP contribution is 2.18. The first-order valence-corrected chi connectivity index (χ1v) is 9.70. The van der Waals surface area contributed by atoms with Crippen molar-refractivity contribution in [2.24, 2.45) is 0 Å². The highest BCUT2D eigenvalue weighted by molar-refractivity contribution is 6.13. The molecule has 2 aromatic carbocycles. The molecule has 0 aliphatic rings. The summed E-state index contributed by atoms with van der Waals surface area (Å²) in [5.41, 5.74) is 1.30. The van der Waals surface area contributed by atoms with Gasteiger partial charge >= 0.3 is 0 Å². The smallest absolute Gasteiger partial charge is 0.267 e. The van der Waals surface area contributed by atoms with Crippen LogP contribution in [0, 0.1) is 5.82 Å². The molecule has 32 heavy (non-hydrogen) atoms. The van der Waals surface area contributed by atoms with E-state index in [4.69, 9.17) is 0 Å². The maximum absolute atomic E-state index is 13.2. The van der Waals surface area contributed by atoms with Gasteiger partial charge in [0, 0.05) is 23.4 Å². The van der Waals surface area contributed by atoms with Gasteiger partial charge in [-0.15, -0.1) is 0 Å². The van der Waals surface area contributed by atoms with Crippen LogP contribution < -0.4 is 10.9 Å². The molecule has 7 nitrogen and oxygen atoms in total. The summed E-state index contributed by atoms with van der Waals surface area (Å²) in [5.74, 6) is -1.41. The highest BCUT2D eigenvalue weighted by Gasteiger charge is 2.17. The summed E-state index contributed by atoms with van der Waals surface area (Å²) in [6.45, 7) is -0.361. The quantitative estimate of drug-likeness (QED) is 0.476. The number of carbonyl (C=O) groups is 2. The van der Waals surface area contributed by atoms with Crippen LogP contribution in [0.2, 0.25) is 0 Å². The van der Waals surface area contributed by atoms with Crippen molar-refractivity contribution in [1.29, 1.82) is 0 Å². The lowest BCUT2D eigenvalue weighted by molar-refractivity contribution is -0.117. The van der Waals surface area contributed by atoms with E-state index in [0.29, 0.717) is 5.69 Å². The van der Waals surface area contributed by atoms with Crippen LogP contribution in [0.3, 0.4) is 0 Å². The number of nitrogens with zero attached hydrogens (tertiary/aromatic N) is 3. The minimum absolute atomic E-state index is 0.0408. The summed E-state index contributed by atoms with van der Waals surface area (Å²) in [6, 6.07) is 20.3. The van der Waals surface area contributed by atoms with Crippen molar-refractivity contribution < 1.29 is 14.0 Å². The first-order valence-electron chi connectivity index (χ1n) is 9.70. The third-order valence-corrected chi connectivity index (χ3v) is 4.65. The number of hydrogen-bond acceptors (Lipinski definition) is 5. The van der Waals surface area contributed by atoms with Crippen LogP contribution in [0.5, 0.6) is 0 Å². The Morgan fingerprint density at radius 1 is 0.906 bits per heavy atom. The number of carbonyl (C=O) groups excluding carboxylic acids is 2. The van der Waals surface area contributed by atoms with Crippen molar-refractivity contribution in [3.05, 3.63) is 112 Å². The molecule has 8 heteroatoms. The lowest BCUT2D eigenvalue weighted by atomic mass is 10.0. The number of pyridine rings is 1. The third kappa shape index (κ3) is 4.65. The van der Waals surface area contributed by atoms with E-state index in [-0.39, 0.29) is 23.5 Å². The molecule has 0 unspecified atom stereocenters. The Hall–Kier alpha value is -4.46. The van der Waals surface area contributed by atoms with Gasteiger partial charge < -0.3 is 5.32 Å². The second-order valence-corrected chi connectivity index (χ2v) is 6.86. The van der Waals surface area contributed by atoms with Gasteiger partial charge in [-0.3, -0.25) is 14.4 Å². The van der Waals surface area contributed by atoms with Crippen molar-refractivity contribution in [1.82, 2.24) is 14.8 Å². The summed E-state index contributed by atoms with van der Waals surface area (Å²) in [6.07, 6.45) is 1.43. The Bertz CT molecular complexity index is 1340. The SMILES string of the molecule is O=C(Cn1nc(-c2ccccc2)ccc1=O)Nc1ncccc1C(=O)c1ccc(F)cc1. The number of aromatic nitrogens is 3. The molecule has 2 aromatic heterocycles. The van der Waals surface area contributed by atoms with Crippen molar-refractivity contribution >= 4 is 17.5 Å². The zero-order valence-corrected chi connectivity index (χ0v) is 16.7. The van der Waals surface area contributed by atoms with Gasteiger partial charge in [-0.1, -0.05) is 30.3 Å². The molecule has 0 radical (unpaired) electrons. The molecule has 1 N–H and O–H groups in total. The van der Waals surface area contributed by atoms with E-state index < -0.39 is 23.1 Å². The summed E-state index contributed by atoms with van der Waals surface area (Å²) >= 11 is 0. The molecule has 0 fully saturated rings. The van der Waals surface area contributed by atoms with Crippen molar-refractivity contribution in [2.75, 3.05) is 5.32 Å². The highest BCUT2D eigenvalue weighted by atomic mass is 19.1. The summed E-state index contributed by atoms with van der Waals surface area (Å²) in [5, 5.41) is 6.82. The summed E-state index contributed by atoms with van der Waals surface area (Å²) in [7, 11) is 0. The van der Waals surface area contributed by atoms with Crippen molar-refractivity contribution in [3.8, 4) is 11.3 Å². The number of hydrogen-bond donors (Lipinski definition) is 1. The number of ketones is 1. The lowest BCUT2D eigenvalue weighted by Crippen LogP contribution is -2.30. The monoisotopic (exact) mass is 428 g/mol. The minimum atomic E-state index is -0.573. The van der Waals surface area contributed by atoms with E-state index in [0.717, 1.165) is 10.2 Å². The molecule has 0 bridgehead atoms. The van der Waals surface area contributed by atoms with Gasteiger partial charge in [0.1, 0.15) is 18.2 Å². The predicted octanol–water partition coefficient (Wildman–Crippen LogP) is 3.31. The number of rotatable bonds is 6. The standard InChI is InChI=1S/C24H17FN4O3/c25-18-10-8-17(9-11-18)23(32)19-7-4-14-26-24(19)27-21(30)15-29-22(31)13-12-20(28-29)16-5-2-1-3-6-16/h1-14H,15H2,(H,26,27,30). The number of nitrogens with one attached hydrogen (secondary N) is 1. The van der Waals surface area contributed by atoms with Gasteiger partial charge in [0.05, 0.1) is 11.3 Å². The molecule has 0 spiro atoms. The van der Waals surface area contributed by atoms with Gasteiger partial charge in [-0.2, -0.15) is 5.10 Å². The Balaban J connectivity index is 1.55. The number of benzene rings is 2. The largest absolute Gasteiger partial charge is 0.308 e. The first kappa shape index (κ1) is 20.8. The molecular formula is C24H17FN4O3. The molecule has 4 rings (SSSR count). The fourth-order valence-electron chi connectivity index (χ4n) is 3.08. The van der Waals surface area contributed by atoms with Gasteiger partial charge in [0.2, 0.25) is 5.91 Å². The third-order valence-electron chi connectivity index (χ3n) is 4.65. The lowest BCUT2D eigenvalue weighted by Gasteiger charge is -2.11. The molecule has 0 aliphatic heterocycles. The fraction of sp³-hybridized carbons (Fsp3) is 0.0417. The fourth-order valence-corrected chi connectivity index (χ4v) is 3.08. The van der Waals surface area contributed by atoms with Crippen molar-refractivity contribution in [3.63, 3.8) is 0 Å². The average Bonchev–Trinajstić information content (AvgIpc) is 2.81. The van der Waals surface area contributed by atoms with E-state index >= 15 is 0 Å². The van der Waals surface area contributed by atoms with E-state index in [1.54, 1.807) is 12.1 Å². The molecule has 1 amide bonds. The minimum Gasteiger partial charge on any atom is -0.308 e. The number of amides is 1. The molecule has 2 heterocycles. The summed E-state index contributed by atoms with van der Waals surface area (Å²) in [4.78, 5) is 41.7.